The van der Waals surface area contributed by atoms with Gasteiger partial charge in [0.15, 0.2) is 0 Å². The first kappa shape index (κ1) is 14.1. The summed E-state index contributed by atoms with van der Waals surface area (Å²) in [5, 5.41) is 0. The summed E-state index contributed by atoms with van der Waals surface area (Å²) in [7, 11) is 0. The molecule has 100 valence electrons. The van der Waals surface area contributed by atoms with Crippen LogP contribution < -0.4 is 0 Å². The van der Waals surface area contributed by atoms with Crippen LogP contribution in [0.5, 0.6) is 0 Å². The molecule has 0 aromatic heterocycles. The summed E-state index contributed by atoms with van der Waals surface area (Å²) < 4.78 is 5.51. The van der Waals surface area contributed by atoms with Crippen molar-refractivity contribution in [1.82, 2.24) is 0 Å². The molecule has 0 spiro atoms. The summed E-state index contributed by atoms with van der Waals surface area (Å²) in [6.45, 7) is 1.89. The molecular formula is C16H17BrO2. The largest absolute Gasteiger partial charge is 0.457 e. The van der Waals surface area contributed by atoms with Gasteiger partial charge in [0.25, 0.3) is 0 Å². The van der Waals surface area contributed by atoms with Crippen molar-refractivity contribution in [1.29, 1.82) is 0 Å². The highest BCUT2D eigenvalue weighted by molar-refractivity contribution is 9.10. The summed E-state index contributed by atoms with van der Waals surface area (Å²) in [4.78, 5) is 11.8. The summed E-state index contributed by atoms with van der Waals surface area (Å²) in [5.41, 5.74) is 1.01. The van der Waals surface area contributed by atoms with Gasteiger partial charge < -0.3 is 4.74 Å². The van der Waals surface area contributed by atoms with E-state index in [0.29, 0.717) is 0 Å². The normalized spacial score (nSPS) is 20.8. The Labute approximate surface area is 122 Å². The van der Waals surface area contributed by atoms with Gasteiger partial charge in [0.2, 0.25) is 0 Å². The SMILES string of the molecule is C[C@H](OC(=O)C(Br)C1C=CC=CC1)c1ccccc1. The molecule has 1 aromatic rings. The second-order valence-corrected chi connectivity index (χ2v) is 5.59. The third kappa shape index (κ3) is 3.80. The lowest BCUT2D eigenvalue weighted by Crippen LogP contribution is -2.26. The zero-order valence-electron chi connectivity index (χ0n) is 10.8. The van der Waals surface area contributed by atoms with Crippen molar-refractivity contribution in [3.05, 3.63) is 60.2 Å². The summed E-state index contributed by atoms with van der Waals surface area (Å²) in [6, 6.07) is 9.76. The van der Waals surface area contributed by atoms with Gasteiger partial charge >= 0.3 is 5.97 Å². The molecule has 2 rings (SSSR count). The van der Waals surface area contributed by atoms with Gasteiger partial charge in [-0.3, -0.25) is 4.79 Å². The zero-order valence-corrected chi connectivity index (χ0v) is 12.4. The summed E-state index contributed by atoms with van der Waals surface area (Å²) in [6.07, 6.45) is 8.70. The van der Waals surface area contributed by atoms with Crippen LogP contribution in [0.3, 0.4) is 0 Å². The molecule has 0 bridgehead atoms. The maximum Gasteiger partial charge on any atom is 0.320 e. The van der Waals surface area contributed by atoms with Gasteiger partial charge in [-0.1, -0.05) is 70.6 Å². The van der Waals surface area contributed by atoms with E-state index in [4.69, 9.17) is 4.74 Å². The molecule has 1 aliphatic rings. The lowest BCUT2D eigenvalue weighted by Gasteiger charge is -2.21. The molecule has 3 atom stereocenters. The number of rotatable bonds is 4. The molecule has 0 aliphatic heterocycles. The highest BCUT2D eigenvalue weighted by Gasteiger charge is 2.26. The number of allylic oxidation sites excluding steroid dienone is 4. The molecule has 1 aliphatic carbocycles. The van der Waals surface area contributed by atoms with Crippen LogP contribution >= 0.6 is 15.9 Å². The predicted molar refractivity (Wildman–Crippen MR) is 80.1 cm³/mol. The Balaban J connectivity index is 1.93. The van der Waals surface area contributed by atoms with Crippen LogP contribution in [-0.2, 0) is 9.53 Å². The number of esters is 1. The van der Waals surface area contributed by atoms with Crippen LogP contribution in [0.15, 0.2) is 54.6 Å². The van der Waals surface area contributed by atoms with Gasteiger partial charge in [-0.2, -0.15) is 0 Å². The number of carbonyl (C=O) groups excluding carboxylic acids is 1. The van der Waals surface area contributed by atoms with E-state index in [1.54, 1.807) is 0 Å². The van der Waals surface area contributed by atoms with Crippen molar-refractivity contribution in [2.24, 2.45) is 5.92 Å². The van der Waals surface area contributed by atoms with Crippen molar-refractivity contribution in [3.63, 3.8) is 0 Å². The van der Waals surface area contributed by atoms with Crippen LogP contribution in [0.4, 0.5) is 0 Å². The Morgan fingerprint density at radius 3 is 2.68 bits per heavy atom. The third-order valence-corrected chi connectivity index (χ3v) is 4.23. The van der Waals surface area contributed by atoms with Gasteiger partial charge in [0.05, 0.1) is 0 Å². The second-order valence-electron chi connectivity index (χ2n) is 4.60. The first-order valence-corrected chi connectivity index (χ1v) is 7.33. The van der Waals surface area contributed by atoms with E-state index in [1.165, 1.54) is 0 Å². The number of ether oxygens (including phenoxy) is 1. The molecule has 3 heteroatoms. The fourth-order valence-corrected chi connectivity index (χ4v) is 2.52. The van der Waals surface area contributed by atoms with Crippen molar-refractivity contribution in [2.45, 2.75) is 24.3 Å². The smallest absolute Gasteiger partial charge is 0.320 e. The molecule has 0 radical (unpaired) electrons. The van der Waals surface area contributed by atoms with Crippen molar-refractivity contribution in [3.8, 4) is 0 Å². The van der Waals surface area contributed by atoms with E-state index in [0.717, 1.165) is 12.0 Å². The Hall–Kier alpha value is -1.35. The van der Waals surface area contributed by atoms with Crippen LogP contribution in [0.25, 0.3) is 0 Å². The number of alkyl halides is 1. The maximum atomic E-state index is 12.1. The summed E-state index contributed by atoms with van der Waals surface area (Å²) in [5.74, 6) is -0.0400. The van der Waals surface area contributed by atoms with Crippen molar-refractivity contribution >= 4 is 21.9 Å². The standard InChI is InChI=1S/C16H17BrO2/c1-12(13-8-4-2-5-9-13)19-16(18)15(17)14-10-6-3-7-11-14/h2-10,12,14-15H,11H2,1H3/t12-,14?,15?/m0/s1. The summed E-state index contributed by atoms with van der Waals surface area (Å²) >= 11 is 3.45. The Bertz CT molecular complexity index is 479. The monoisotopic (exact) mass is 320 g/mol. The molecule has 0 saturated carbocycles. The van der Waals surface area contributed by atoms with Gasteiger partial charge in [0.1, 0.15) is 10.9 Å². The number of hydrogen-bond acceptors (Lipinski definition) is 2. The van der Waals surface area contributed by atoms with Crippen LogP contribution in [0.1, 0.15) is 25.0 Å². The fourth-order valence-electron chi connectivity index (χ4n) is 2.02. The van der Waals surface area contributed by atoms with Crippen molar-refractivity contribution < 1.29 is 9.53 Å². The molecule has 0 saturated heterocycles. The minimum atomic E-state index is -0.292. The molecule has 1 aromatic carbocycles. The number of halogens is 1. The third-order valence-electron chi connectivity index (χ3n) is 3.18. The molecule has 0 amide bonds. The van der Waals surface area contributed by atoms with Crippen molar-refractivity contribution in [2.75, 3.05) is 0 Å². The minimum Gasteiger partial charge on any atom is -0.457 e. The molecular weight excluding hydrogens is 304 g/mol. The van der Waals surface area contributed by atoms with E-state index in [1.807, 2.05) is 55.5 Å². The Morgan fingerprint density at radius 1 is 1.32 bits per heavy atom. The first-order valence-electron chi connectivity index (χ1n) is 6.41. The van der Waals surface area contributed by atoms with Gasteiger partial charge in [-0.05, 0) is 18.9 Å². The fraction of sp³-hybridized carbons (Fsp3) is 0.312. The average molecular weight is 321 g/mol. The number of hydrogen-bond donors (Lipinski definition) is 0. The number of benzene rings is 1. The van der Waals surface area contributed by atoms with Gasteiger partial charge in [-0.25, -0.2) is 0 Å². The van der Waals surface area contributed by atoms with E-state index in [9.17, 15) is 4.79 Å². The maximum absolute atomic E-state index is 12.1. The van der Waals surface area contributed by atoms with E-state index in [2.05, 4.69) is 22.0 Å². The minimum absolute atomic E-state index is 0.167. The highest BCUT2D eigenvalue weighted by atomic mass is 79.9. The van der Waals surface area contributed by atoms with E-state index in [-0.39, 0.29) is 22.8 Å². The molecule has 0 heterocycles. The Kier molecular flexibility index (Phi) is 4.97. The van der Waals surface area contributed by atoms with Gasteiger partial charge in [0, 0.05) is 5.92 Å². The topological polar surface area (TPSA) is 26.3 Å². The zero-order chi connectivity index (χ0) is 13.7. The molecule has 0 N–H and O–H groups in total. The first-order chi connectivity index (χ1) is 9.18. The molecule has 19 heavy (non-hydrogen) atoms. The van der Waals surface area contributed by atoms with Gasteiger partial charge in [-0.15, -0.1) is 0 Å². The number of carbonyl (C=O) groups is 1. The van der Waals surface area contributed by atoms with Crippen LogP contribution in [0.2, 0.25) is 0 Å². The average Bonchev–Trinajstić information content (AvgIpc) is 2.48. The highest BCUT2D eigenvalue weighted by Crippen LogP contribution is 2.25. The second kappa shape index (κ2) is 6.71. The van der Waals surface area contributed by atoms with Crippen LogP contribution in [0, 0.1) is 5.92 Å². The predicted octanol–water partition coefficient (Wildman–Crippen LogP) is 4.19. The molecule has 2 nitrogen and oxygen atoms in total. The quantitative estimate of drug-likeness (QED) is 0.614. The van der Waals surface area contributed by atoms with E-state index < -0.39 is 0 Å². The Morgan fingerprint density at radius 2 is 2.05 bits per heavy atom. The molecule has 2 unspecified atom stereocenters. The van der Waals surface area contributed by atoms with Crippen LogP contribution in [-0.4, -0.2) is 10.8 Å². The molecule has 0 fully saturated rings. The lowest BCUT2D eigenvalue weighted by molar-refractivity contribution is -0.148. The lowest BCUT2D eigenvalue weighted by atomic mass is 9.97. The van der Waals surface area contributed by atoms with E-state index >= 15 is 0 Å².